The Bertz CT molecular complexity index is 871. The Kier molecular flexibility index (Phi) is 4.48. The van der Waals surface area contributed by atoms with E-state index in [9.17, 15) is 4.39 Å². The van der Waals surface area contributed by atoms with E-state index in [1.807, 2.05) is 14.0 Å². The fourth-order valence-corrected chi connectivity index (χ4v) is 3.09. The molecular formula is C17H19FN6O2. The molecule has 9 heteroatoms. The molecular weight excluding hydrogens is 339 g/mol. The van der Waals surface area contributed by atoms with Crippen molar-refractivity contribution >= 4 is 0 Å². The molecule has 1 aromatic carbocycles. The third-order valence-electron chi connectivity index (χ3n) is 4.27. The second-order valence-electron chi connectivity index (χ2n) is 6.51. The molecule has 0 radical (unpaired) electrons. The van der Waals surface area contributed by atoms with Crippen molar-refractivity contribution in [3.8, 4) is 11.4 Å². The number of rotatable bonds is 4. The highest BCUT2D eigenvalue weighted by molar-refractivity contribution is 5.55. The molecule has 0 N–H and O–H groups in total. The number of hydrogen-bond donors (Lipinski definition) is 0. The summed E-state index contributed by atoms with van der Waals surface area (Å²) in [6, 6.07) is 4.85. The number of nitrogens with zero attached hydrogens (tertiary/aromatic N) is 6. The Morgan fingerprint density at radius 2 is 2.19 bits per heavy atom. The molecule has 136 valence electrons. The summed E-state index contributed by atoms with van der Waals surface area (Å²) in [4.78, 5) is 10.4. The van der Waals surface area contributed by atoms with Gasteiger partial charge in [-0.15, -0.1) is 0 Å². The first-order valence-electron chi connectivity index (χ1n) is 8.37. The Morgan fingerprint density at radius 3 is 2.92 bits per heavy atom. The SMILES string of the molecule is C[C@@H]1CN(C)C[C@H](c2nc(-c3ccc(Cn4cncn4)c(F)c3)no2)O1. The molecule has 2 aromatic heterocycles. The third kappa shape index (κ3) is 3.49. The van der Waals surface area contributed by atoms with Gasteiger partial charge in [0.2, 0.25) is 5.82 Å². The van der Waals surface area contributed by atoms with Gasteiger partial charge in [-0.05, 0) is 20.0 Å². The molecule has 2 atom stereocenters. The van der Waals surface area contributed by atoms with Gasteiger partial charge in [0, 0.05) is 24.2 Å². The normalized spacial score (nSPS) is 21.2. The first-order chi connectivity index (χ1) is 12.6. The van der Waals surface area contributed by atoms with Crippen LogP contribution in [0.5, 0.6) is 0 Å². The van der Waals surface area contributed by atoms with Gasteiger partial charge in [0.05, 0.1) is 12.6 Å². The highest BCUT2D eigenvalue weighted by Crippen LogP contribution is 2.26. The van der Waals surface area contributed by atoms with Crippen molar-refractivity contribution in [1.82, 2.24) is 29.8 Å². The van der Waals surface area contributed by atoms with Gasteiger partial charge in [-0.1, -0.05) is 17.3 Å². The topological polar surface area (TPSA) is 82.1 Å². The Balaban J connectivity index is 1.53. The summed E-state index contributed by atoms with van der Waals surface area (Å²) in [5.74, 6) is 0.396. The molecule has 4 rings (SSSR count). The molecule has 0 bridgehead atoms. The Hall–Kier alpha value is -2.65. The fraction of sp³-hybridized carbons (Fsp3) is 0.412. The molecule has 26 heavy (non-hydrogen) atoms. The number of morpholine rings is 1. The maximum atomic E-state index is 14.4. The summed E-state index contributed by atoms with van der Waals surface area (Å²) in [5, 5.41) is 7.96. The fourth-order valence-electron chi connectivity index (χ4n) is 3.09. The number of hydrogen-bond acceptors (Lipinski definition) is 7. The molecule has 8 nitrogen and oxygen atoms in total. The standard InChI is InChI=1S/C17H19FN6O2/c1-11-6-23(2)8-15(25-11)17-21-16(22-26-17)12-3-4-13(14(18)5-12)7-24-10-19-9-20-24/h3-5,9-11,15H,6-8H2,1-2H3/t11-,15-/m1/s1. The Morgan fingerprint density at radius 1 is 1.31 bits per heavy atom. The molecule has 0 aliphatic carbocycles. The number of aromatic nitrogens is 5. The minimum Gasteiger partial charge on any atom is -0.363 e. The van der Waals surface area contributed by atoms with Gasteiger partial charge in [0.1, 0.15) is 24.6 Å². The van der Waals surface area contributed by atoms with Crippen molar-refractivity contribution in [2.75, 3.05) is 20.1 Å². The monoisotopic (exact) mass is 358 g/mol. The van der Waals surface area contributed by atoms with Crippen LogP contribution in [0.2, 0.25) is 0 Å². The zero-order valence-electron chi connectivity index (χ0n) is 14.5. The summed E-state index contributed by atoms with van der Waals surface area (Å²) in [6.45, 7) is 3.85. The van der Waals surface area contributed by atoms with Crippen molar-refractivity contribution in [3.05, 3.63) is 48.1 Å². The largest absolute Gasteiger partial charge is 0.363 e. The molecule has 0 amide bonds. The predicted octanol–water partition coefficient (Wildman–Crippen LogP) is 1.91. The Labute approximate surface area is 149 Å². The molecule has 1 saturated heterocycles. The average Bonchev–Trinajstić information content (AvgIpc) is 3.27. The van der Waals surface area contributed by atoms with Crippen LogP contribution in [0.3, 0.4) is 0 Å². The van der Waals surface area contributed by atoms with Crippen molar-refractivity contribution in [1.29, 1.82) is 0 Å². The van der Waals surface area contributed by atoms with Crippen LogP contribution in [0.25, 0.3) is 11.4 Å². The molecule has 3 aromatic rings. The summed E-state index contributed by atoms with van der Waals surface area (Å²) in [5.41, 5.74) is 1.06. The minimum atomic E-state index is -0.355. The van der Waals surface area contributed by atoms with Gasteiger partial charge in [0.25, 0.3) is 5.89 Å². The van der Waals surface area contributed by atoms with E-state index in [1.54, 1.807) is 23.1 Å². The van der Waals surface area contributed by atoms with Crippen molar-refractivity contribution in [2.45, 2.75) is 25.7 Å². The first kappa shape index (κ1) is 16.8. The molecule has 0 saturated carbocycles. The summed E-state index contributed by atoms with van der Waals surface area (Å²) in [6.07, 6.45) is 2.77. The van der Waals surface area contributed by atoms with Crippen molar-refractivity contribution in [2.24, 2.45) is 0 Å². The van der Waals surface area contributed by atoms with E-state index in [2.05, 4.69) is 25.1 Å². The molecule has 1 aliphatic heterocycles. The van der Waals surface area contributed by atoms with Crippen molar-refractivity contribution < 1.29 is 13.7 Å². The third-order valence-corrected chi connectivity index (χ3v) is 4.27. The molecule has 3 heterocycles. The van der Waals surface area contributed by atoms with E-state index in [0.717, 1.165) is 6.54 Å². The first-order valence-corrected chi connectivity index (χ1v) is 8.37. The maximum Gasteiger partial charge on any atom is 0.257 e. The van der Waals surface area contributed by atoms with E-state index in [-0.39, 0.29) is 18.0 Å². The van der Waals surface area contributed by atoms with Gasteiger partial charge in [0.15, 0.2) is 0 Å². The molecule has 1 aliphatic rings. The lowest BCUT2D eigenvalue weighted by molar-refractivity contribution is -0.0838. The van der Waals surface area contributed by atoms with Crippen LogP contribution in [0.4, 0.5) is 4.39 Å². The lowest BCUT2D eigenvalue weighted by Crippen LogP contribution is -2.40. The van der Waals surface area contributed by atoms with Gasteiger partial charge >= 0.3 is 0 Å². The van der Waals surface area contributed by atoms with Gasteiger partial charge in [-0.3, -0.25) is 0 Å². The van der Waals surface area contributed by atoms with Crippen LogP contribution in [0, 0.1) is 5.82 Å². The number of ether oxygens (including phenoxy) is 1. The van der Waals surface area contributed by atoms with E-state index in [1.165, 1.54) is 12.4 Å². The summed E-state index contributed by atoms with van der Waals surface area (Å²) in [7, 11) is 2.02. The molecule has 1 fully saturated rings. The van der Waals surface area contributed by atoms with Crippen LogP contribution in [-0.4, -0.2) is 56.0 Å². The molecule has 0 unspecified atom stereocenters. The van der Waals surface area contributed by atoms with Crippen LogP contribution < -0.4 is 0 Å². The van der Waals surface area contributed by atoms with E-state index >= 15 is 0 Å². The molecule has 0 spiro atoms. The lowest BCUT2D eigenvalue weighted by atomic mass is 10.1. The lowest BCUT2D eigenvalue weighted by Gasteiger charge is -2.32. The second-order valence-corrected chi connectivity index (χ2v) is 6.51. The summed E-state index contributed by atoms with van der Waals surface area (Å²) < 4.78 is 27.2. The van der Waals surface area contributed by atoms with E-state index in [0.29, 0.717) is 35.9 Å². The number of benzene rings is 1. The van der Waals surface area contributed by atoms with Gasteiger partial charge < -0.3 is 14.2 Å². The van der Waals surface area contributed by atoms with Gasteiger partial charge in [-0.2, -0.15) is 10.1 Å². The smallest absolute Gasteiger partial charge is 0.257 e. The highest BCUT2D eigenvalue weighted by Gasteiger charge is 2.29. The maximum absolute atomic E-state index is 14.4. The van der Waals surface area contributed by atoms with Crippen LogP contribution >= 0.6 is 0 Å². The zero-order valence-corrected chi connectivity index (χ0v) is 14.5. The number of halogens is 1. The average molecular weight is 358 g/mol. The van der Waals surface area contributed by atoms with Gasteiger partial charge in [-0.25, -0.2) is 14.1 Å². The summed E-state index contributed by atoms with van der Waals surface area (Å²) >= 11 is 0. The zero-order chi connectivity index (χ0) is 18.1. The van der Waals surface area contributed by atoms with Crippen molar-refractivity contribution in [3.63, 3.8) is 0 Å². The second kappa shape index (κ2) is 6.93. The van der Waals surface area contributed by atoms with Crippen LogP contribution in [-0.2, 0) is 11.3 Å². The van der Waals surface area contributed by atoms with E-state index in [4.69, 9.17) is 9.26 Å². The van der Waals surface area contributed by atoms with Crippen LogP contribution in [0.1, 0.15) is 24.5 Å². The highest BCUT2D eigenvalue weighted by atomic mass is 19.1. The number of likely N-dealkylation sites (N-methyl/N-ethyl adjacent to an activating group) is 1. The minimum absolute atomic E-state index is 0.0858. The predicted molar refractivity (Wildman–Crippen MR) is 89.6 cm³/mol. The van der Waals surface area contributed by atoms with E-state index < -0.39 is 0 Å². The quantitative estimate of drug-likeness (QED) is 0.704. The van der Waals surface area contributed by atoms with Crippen LogP contribution in [0.15, 0.2) is 35.4 Å².